The number of hydrogen-bond acceptors (Lipinski definition) is 5. The maximum atomic E-state index is 5.74. The van der Waals surface area contributed by atoms with E-state index in [9.17, 15) is 0 Å². The van der Waals surface area contributed by atoms with Crippen molar-refractivity contribution < 1.29 is 9.47 Å². The highest BCUT2D eigenvalue weighted by molar-refractivity contribution is 5.83. The van der Waals surface area contributed by atoms with Gasteiger partial charge >= 0.3 is 0 Å². The molecule has 3 rings (SSSR count). The summed E-state index contributed by atoms with van der Waals surface area (Å²) < 4.78 is 13.5. The number of methoxy groups -OCH3 is 2. The summed E-state index contributed by atoms with van der Waals surface area (Å²) in [6.45, 7) is 12.7. The Morgan fingerprint density at radius 2 is 1.67 bits per heavy atom. The Balaban J connectivity index is 2.38. The van der Waals surface area contributed by atoms with Gasteiger partial charge in [0.2, 0.25) is 5.88 Å². The average molecular weight is 411 g/mol. The zero-order valence-corrected chi connectivity index (χ0v) is 19.4. The molecule has 0 saturated heterocycles. The van der Waals surface area contributed by atoms with Gasteiger partial charge in [-0.1, -0.05) is 26.8 Å². The Hall–Kier alpha value is -2.76. The van der Waals surface area contributed by atoms with E-state index in [0.29, 0.717) is 5.88 Å². The van der Waals surface area contributed by atoms with Crippen molar-refractivity contribution in [1.82, 2.24) is 14.4 Å². The number of aryl methyl sites for hydroxylation is 3. The third-order valence-corrected chi connectivity index (χ3v) is 5.36. The Kier molecular flexibility index (Phi) is 6.85. The number of nitrogens with zero attached hydrogens (tertiary/aromatic N) is 4. The highest BCUT2D eigenvalue weighted by Gasteiger charge is 2.23. The van der Waals surface area contributed by atoms with Crippen LogP contribution in [-0.2, 0) is 6.42 Å². The molecular formula is C24H34N4O2. The third kappa shape index (κ3) is 3.95. The summed E-state index contributed by atoms with van der Waals surface area (Å²) in [7, 11) is 3.36. The van der Waals surface area contributed by atoms with Gasteiger partial charge < -0.3 is 14.4 Å². The number of rotatable bonds is 9. The van der Waals surface area contributed by atoms with Crippen LogP contribution < -0.4 is 14.4 Å². The van der Waals surface area contributed by atoms with Gasteiger partial charge in [0.25, 0.3) is 0 Å². The van der Waals surface area contributed by atoms with Crippen molar-refractivity contribution in [2.75, 3.05) is 32.2 Å². The quantitative estimate of drug-likeness (QED) is 0.484. The minimum Gasteiger partial charge on any atom is -0.496 e. The molecule has 0 aliphatic heterocycles. The SMILES string of the molecule is CCCN(CCC)c1c(CC)nc2c(-c3c(C)cc(C)cc3OC)nc(OC)cn12. The van der Waals surface area contributed by atoms with Crippen LogP contribution in [0.15, 0.2) is 18.3 Å². The standard InChI is InChI=1S/C24H34N4O2/c1-8-11-27(12-9-2)24-18(10-3)25-23-22(26-20(30-7)15-28(23)24)21-17(5)13-16(4)14-19(21)29-6/h13-15H,8-12H2,1-7H3. The lowest BCUT2D eigenvalue weighted by Crippen LogP contribution is -2.27. The van der Waals surface area contributed by atoms with Gasteiger partial charge in [0, 0.05) is 18.7 Å². The van der Waals surface area contributed by atoms with E-state index in [4.69, 9.17) is 19.4 Å². The molecule has 1 aromatic carbocycles. The highest BCUT2D eigenvalue weighted by Crippen LogP contribution is 2.38. The van der Waals surface area contributed by atoms with Crippen molar-refractivity contribution in [1.29, 1.82) is 0 Å². The molecule has 0 N–H and O–H groups in total. The summed E-state index contributed by atoms with van der Waals surface area (Å²) in [5.74, 6) is 2.51. The van der Waals surface area contributed by atoms with E-state index in [2.05, 4.69) is 50.0 Å². The highest BCUT2D eigenvalue weighted by atomic mass is 16.5. The van der Waals surface area contributed by atoms with Crippen LogP contribution in [0, 0.1) is 13.8 Å². The van der Waals surface area contributed by atoms with Crippen LogP contribution in [0.4, 0.5) is 5.82 Å². The van der Waals surface area contributed by atoms with E-state index in [1.165, 1.54) is 0 Å². The molecule has 0 aliphatic carbocycles. The zero-order chi connectivity index (χ0) is 21.8. The molecule has 0 spiro atoms. The Morgan fingerprint density at radius 3 is 2.23 bits per heavy atom. The fraction of sp³-hybridized carbons (Fsp3) is 0.500. The van der Waals surface area contributed by atoms with Gasteiger partial charge in [0.15, 0.2) is 5.65 Å². The molecule has 0 aliphatic rings. The van der Waals surface area contributed by atoms with E-state index in [1.54, 1.807) is 14.2 Å². The Morgan fingerprint density at radius 1 is 0.967 bits per heavy atom. The number of imidazole rings is 1. The normalized spacial score (nSPS) is 11.2. The van der Waals surface area contributed by atoms with Gasteiger partial charge in [-0.25, -0.2) is 9.97 Å². The number of ether oxygens (including phenoxy) is 2. The number of hydrogen-bond donors (Lipinski definition) is 0. The molecule has 0 fully saturated rings. The van der Waals surface area contributed by atoms with Crippen LogP contribution in [0.2, 0.25) is 0 Å². The number of anilines is 1. The van der Waals surface area contributed by atoms with Crippen LogP contribution in [0.5, 0.6) is 11.6 Å². The smallest absolute Gasteiger partial charge is 0.231 e. The molecule has 3 aromatic rings. The van der Waals surface area contributed by atoms with Crippen LogP contribution in [0.25, 0.3) is 16.9 Å². The van der Waals surface area contributed by atoms with E-state index < -0.39 is 0 Å². The largest absolute Gasteiger partial charge is 0.496 e. The van der Waals surface area contributed by atoms with Crippen molar-refractivity contribution >= 4 is 11.5 Å². The first-order valence-electron chi connectivity index (χ1n) is 10.8. The molecule has 0 atom stereocenters. The lowest BCUT2D eigenvalue weighted by molar-refractivity contribution is 0.395. The molecule has 0 saturated carbocycles. The molecule has 0 unspecified atom stereocenters. The van der Waals surface area contributed by atoms with E-state index in [-0.39, 0.29) is 0 Å². The molecule has 0 radical (unpaired) electrons. The lowest BCUT2D eigenvalue weighted by atomic mass is 10.0. The maximum Gasteiger partial charge on any atom is 0.231 e. The Bertz CT molecular complexity index is 1020. The van der Waals surface area contributed by atoms with Crippen LogP contribution in [-0.4, -0.2) is 41.7 Å². The molecule has 30 heavy (non-hydrogen) atoms. The van der Waals surface area contributed by atoms with E-state index >= 15 is 0 Å². The molecule has 162 valence electrons. The third-order valence-electron chi connectivity index (χ3n) is 5.36. The van der Waals surface area contributed by atoms with Crippen molar-refractivity contribution in [3.05, 3.63) is 35.2 Å². The number of benzene rings is 1. The zero-order valence-electron chi connectivity index (χ0n) is 19.4. The molecule has 2 aromatic heterocycles. The molecule has 6 nitrogen and oxygen atoms in total. The van der Waals surface area contributed by atoms with Crippen molar-refractivity contribution in [2.45, 2.75) is 53.9 Å². The van der Waals surface area contributed by atoms with Crippen LogP contribution >= 0.6 is 0 Å². The summed E-state index contributed by atoms with van der Waals surface area (Å²) in [6, 6.07) is 4.20. The van der Waals surface area contributed by atoms with Gasteiger partial charge in [-0.05, 0) is 50.3 Å². The fourth-order valence-corrected chi connectivity index (χ4v) is 4.15. The van der Waals surface area contributed by atoms with Gasteiger partial charge in [-0.3, -0.25) is 4.40 Å². The van der Waals surface area contributed by atoms with Gasteiger partial charge in [-0.15, -0.1) is 0 Å². The maximum absolute atomic E-state index is 5.74. The fourth-order valence-electron chi connectivity index (χ4n) is 4.15. The second kappa shape index (κ2) is 9.37. The minimum absolute atomic E-state index is 0.564. The monoisotopic (exact) mass is 410 g/mol. The van der Waals surface area contributed by atoms with Gasteiger partial charge in [0.05, 0.1) is 26.1 Å². The number of fused-ring (bicyclic) bond motifs is 1. The van der Waals surface area contributed by atoms with Crippen LogP contribution in [0.1, 0.15) is 50.4 Å². The molecule has 0 bridgehead atoms. The second-order valence-corrected chi connectivity index (χ2v) is 7.71. The van der Waals surface area contributed by atoms with E-state index in [1.807, 2.05) is 12.3 Å². The summed E-state index contributed by atoms with van der Waals surface area (Å²) >= 11 is 0. The first kappa shape index (κ1) is 21.9. The Labute approximate surface area is 179 Å². The lowest BCUT2D eigenvalue weighted by Gasteiger charge is -2.24. The predicted octanol–water partition coefficient (Wildman–Crippen LogP) is 5.22. The van der Waals surface area contributed by atoms with Gasteiger partial charge in [0.1, 0.15) is 17.3 Å². The first-order valence-corrected chi connectivity index (χ1v) is 10.8. The summed E-state index contributed by atoms with van der Waals surface area (Å²) in [4.78, 5) is 12.3. The van der Waals surface area contributed by atoms with Crippen molar-refractivity contribution in [3.63, 3.8) is 0 Å². The van der Waals surface area contributed by atoms with E-state index in [0.717, 1.165) is 77.6 Å². The number of aromatic nitrogens is 3. The average Bonchev–Trinajstić information content (AvgIpc) is 3.11. The van der Waals surface area contributed by atoms with Crippen molar-refractivity contribution in [3.8, 4) is 22.9 Å². The molecule has 6 heteroatoms. The van der Waals surface area contributed by atoms with Gasteiger partial charge in [-0.2, -0.15) is 0 Å². The summed E-state index contributed by atoms with van der Waals surface area (Å²) in [6.07, 6.45) is 4.97. The summed E-state index contributed by atoms with van der Waals surface area (Å²) in [5, 5.41) is 0. The van der Waals surface area contributed by atoms with Crippen LogP contribution in [0.3, 0.4) is 0 Å². The second-order valence-electron chi connectivity index (χ2n) is 7.71. The topological polar surface area (TPSA) is 51.9 Å². The minimum atomic E-state index is 0.564. The molecule has 0 amide bonds. The summed E-state index contributed by atoms with van der Waals surface area (Å²) in [5.41, 5.74) is 5.93. The molecule has 2 heterocycles. The van der Waals surface area contributed by atoms with Crippen molar-refractivity contribution in [2.24, 2.45) is 0 Å². The predicted molar refractivity (Wildman–Crippen MR) is 123 cm³/mol. The first-order chi connectivity index (χ1) is 14.5. The molecular weight excluding hydrogens is 376 g/mol.